The number of hydrogen-bond donors (Lipinski definition) is 0. The number of benzene rings is 10. The minimum absolute atomic E-state index is 0. The Kier molecular flexibility index (Phi) is 15.4. The van der Waals surface area contributed by atoms with Crippen LogP contribution in [0.25, 0.3) is 146 Å². The van der Waals surface area contributed by atoms with Crippen LogP contribution in [0.3, 0.4) is 0 Å². The molecule has 4 heterocycles. The van der Waals surface area contributed by atoms with E-state index in [1.807, 2.05) is 128 Å². The smallest absolute Gasteiger partial charge is 0.305 e. The Morgan fingerprint density at radius 1 is 0.235 bits per heavy atom. The van der Waals surface area contributed by atoms with Crippen LogP contribution in [-0.2, 0) is 20.1 Å². The van der Waals surface area contributed by atoms with Gasteiger partial charge in [0.05, 0.1) is 0 Å². The third kappa shape index (κ3) is 11.2. The molecule has 0 saturated heterocycles. The normalized spacial score (nSPS) is 11.0. The first kappa shape index (κ1) is 53.6. The molecule has 0 saturated carbocycles. The molecule has 400 valence electrons. The van der Waals surface area contributed by atoms with Gasteiger partial charge in [-0.3, -0.25) is 0 Å². The maximum Gasteiger partial charge on any atom is 3.00 e. The zero-order chi connectivity index (χ0) is 56.0. The zero-order valence-electron chi connectivity index (χ0n) is 45.8. The SMILES string of the molecule is [Ir+3].[c-]1cc(-c2ccccc2-c2cc(-c3ccccc3-c3c[c-]c(-c4ccc(-c5nc(-c6ccccc6)nc(-c6ccccc6)n5)cn4)cc3)cc(-c3ccccc3-c3c[c-]c(-c4ccccn4)cc3)c2-c2ccccc2)ccc1-c1ccccn1. The van der Waals surface area contributed by atoms with Gasteiger partial charge in [0.15, 0.2) is 17.5 Å². The maximum absolute atomic E-state index is 4.96. The van der Waals surface area contributed by atoms with E-state index in [1.165, 1.54) is 0 Å². The van der Waals surface area contributed by atoms with Gasteiger partial charge in [-0.2, -0.15) is 0 Å². The van der Waals surface area contributed by atoms with Crippen LogP contribution in [0.1, 0.15) is 0 Å². The second-order valence-electron chi connectivity index (χ2n) is 20.3. The van der Waals surface area contributed by atoms with E-state index in [1.54, 1.807) is 0 Å². The Morgan fingerprint density at radius 2 is 0.576 bits per heavy atom. The van der Waals surface area contributed by atoms with Crippen molar-refractivity contribution in [2.75, 3.05) is 0 Å². The van der Waals surface area contributed by atoms with Crippen LogP contribution in [0.15, 0.2) is 298 Å². The van der Waals surface area contributed by atoms with Crippen molar-refractivity contribution in [3.63, 3.8) is 0 Å². The summed E-state index contributed by atoms with van der Waals surface area (Å²) in [5.41, 5.74) is 23.1. The van der Waals surface area contributed by atoms with Crippen molar-refractivity contribution in [2.24, 2.45) is 0 Å². The van der Waals surface area contributed by atoms with E-state index in [0.717, 1.165) is 128 Å². The second-order valence-corrected chi connectivity index (χ2v) is 20.3. The molecule has 14 aromatic rings. The fourth-order valence-corrected chi connectivity index (χ4v) is 11.0. The first-order valence-electron chi connectivity index (χ1n) is 27.9. The summed E-state index contributed by atoms with van der Waals surface area (Å²) in [5, 5.41) is 0. The van der Waals surface area contributed by atoms with Crippen LogP contribution < -0.4 is 0 Å². The Bertz CT molecular complexity index is 4380. The quantitative estimate of drug-likeness (QED) is 0.107. The zero-order valence-corrected chi connectivity index (χ0v) is 48.2. The average molecular weight is 1260 g/mol. The Labute approximate surface area is 508 Å². The summed E-state index contributed by atoms with van der Waals surface area (Å²) in [4.78, 5) is 28.9. The van der Waals surface area contributed by atoms with Crippen molar-refractivity contribution in [3.8, 4) is 146 Å². The van der Waals surface area contributed by atoms with Gasteiger partial charge in [-0.25, -0.2) is 15.0 Å². The van der Waals surface area contributed by atoms with E-state index >= 15 is 0 Å². The van der Waals surface area contributed by atoms with Gasteiger partial charge in [-0.1, -0.05) is 234 Å². The van der Waals surface area contributed by atoms with Gasteiger partial charge in [0.2, 0.25) is 0 Å². The summed E-state index contributed by atoms with van der Waals surface area (Å²) in [5.74, 6) is 1.76. The molecule has 0 bridgehead atoms. The molecule has 0 aliphatic carbocycles. The van der Waals surface area contributed by atoms with E-state index in [9.17, 15) is 0 Å². The number of hydrogen-bond acceptors (Lipinski definition) is 6. The van der Waals surface area contributed by atoms with Crippen LogP contribution in [0.2, 0.25) is 0 Å². The van der Waals surface area contributed by atoms with Crippen LogP contribution in [-0.4, -0.2) is 29.9 Å². The molecule has 0 atom stereocenters. The van der Waals surface area contributed by atoms with E-state index in [0.29, 0.717) is 17.5 Å². The van der Waals surface area contributed by atoms with Gasteiger partial charge < -0.3 is 15.0 Å². The van der Waals surface area contributed by atoms with Crippen molar-refractivity contribution < 1.29 is 20.1 Å². The molecule has 7 heteroatoms. The van der Waals surface area contributed by atoms with Gasteiger partial charge >= 0.3 is 20.1 Å². The van der Waals surface area contributed by atoms with Crippen molar-refractivity contribution >= 4 is 0 Å². The standard InChI is InChI=1S/C78H49N6.Ir/c1-4-20-59(21-5-1)75-70(68-30-14-12-27-65(68)54-36-40-56(41-37-54)72-32-16-18-48-79-72)50-63(51-71(75)69-31-15-13-28-66(69)55-38-42-57(43-39-55)73-33-17-19-49-80-73)67-29-11-10-26-64(67)53-34-44-58(45-35-53)74-47-46-62(52-81-74)78-83-76(60-22-6-2-7-23-60)82-77(84-78)61-24-8-3-9-25-61;/h1-40,42,44,46-52H;/q-3;+3. The first-order valence-corrected chi connectivity index (χ1v) is 27.9. The maximum atomic E-state index is 4.96. The van der Waals surface area contributed by atoms with Crippen molar-refractivity contribution in [3.05, 3.63) is 316 Å². The molecule has 6 nitrogen and oxygen atoms in total. The summed E-state index contributed by atoms with van der Waals surface area (Å²) < 4.78 is 0. The molecule has 0 amide bonds. The first-order chi connectivity index (χ1) is 41.6. The fourth-order valence-electron chi connectivity index (χ4n) is 11.0. The van der Waals surface area contributed by atoms with Crippen molar-refractivity contribution in [2.45, 2.75) is 0 Å². The molecule has 0 aliphatic heterocycles. The molecule has 0 radical (unpaired) electrons. The predicted octanol–water partition coefficient (Wildman–Crippen LogP) is 19.1. The summed E-state index contributed by atoms with van der Waals surface area (Å²) in [6.45, 7) is 0. The molecule has 0 fully saturated rings. The van der Waals surface area contributed by atoms with Gasteiger partial charge in [0.25, 0.3) is 0 Å². The minimum Gasteiger partial charge on any atom is -0.305 e. The molecule has 85 heavy (non-hydrogen) atoms. The van der Waals surface area contributed by atoms with Crippen LogP contribution in [0, 0.1) is 18.2 Å². The van der Waals surface area contributed by atoms with Crippen LogP contribution in [0.4, 0.5) is 0 Å². The molecule has 0 N–H and O–H groups in total. The molecule has 0 spiro atoms. The summed E-state index contributed by atoms with van der Waals surface area (Å²) >= 11 is 0. The third-order valence-electron chi connectivity index (χ3n) is 15.1. The monoisotopic (exact) mass is 1260 g/mol. The predicted molar refractivity (Wildman–Crippen MR) is 340 cm³/mol. The number of rotatable bonds is 13. The van der Waals surface area contributed by atoms with Gasteiger partial charge in [-0.05, 0) is 85.9 Å². The second kappa shape index (κ2) is 24.4. The van der Waals surface area contributed by atoms with E-state index in [2.05, 4.69) is 198 Å². The summed E-state index contributed by atoms with van der Waals surface area (Å²) in [7, 11) is 0. The van der Waals surface area contributed by atoms with E-state index < -0.39 is 0 Å². The summed E-state index contributed by atoms with van der Waals surface area (Å²) in [6.07, 6.45) is 5.48. The van der Waals surface area contributed by atoms with Crippen molar-refractivity contribution in [1.29, 1.82) is 0 Å². The van der Waals surface area contributed by atoms with E-state index in [-0.39, 0.29) is 20.1 Å². The molecule has 10 aromatic carbocycles. The Hall–Kier alpha value is -10.7. The molecule has 14 rings (SSSR count). The topological polar surface area (TPSA) is 77.3 Å². The largest absolute Gasteiger partial charge is 3.00 e. The molecular weight excluding hydrogens is 1210 g/mol. The Balaban J connectivity index is 0.00000672. The molecule has 0 unspecified atom stereocenters. The Morgan fingerprint density at radius 3 is 0.953 bits per heavy atom. The van der Waals surface area contributed by atoms with Gasteiger partial charge in [-0.15, -0.1) is 89.5 Å². The molecule has 0 aliphatic rings. The average Bonchev–Trinajstić information content (AvgIpc) is 1.66. The number of nitrogens with zero attached hydrogens (tertiary/aromatic N) is 6. The molecular formula is C78H49IrN6. The fraction of sp³-hybridized carbons (Fsp3) is 0. The van der Waals surface area contributed by atoms with Crippen LogP contribution in [0.5, 0.6) is 0 Å². The molecule has 4 aromatic heterocycles. The number of pyridine rings is 3. The van der Waals surface area contributed by atoms with E-state index in [4.69, 9.17) is 19.9 Å². The number of aromatic nitrogens is 6. The third-order valence-corrected chi connectivity index (χ3v) is 15.1. The van der Waals surface area contributed by atoms with Crippen LogP contribution >= 0.6 is 0 Å². The van der Waals surface area contributed by atoms with Gasteiger partial charge in [0.1, 0.15) is 0 Å². The summed E-state index contributed by atoms with van der Waals surface area (Å²) in [6, 6.07) is 108. The van der Waals surface area contributed by atoms with Gasteiger partial charge in [0, 0.05) is 35.3 Å². The van der Waals surface area contributed by atoms with Crippen molar-refractivity contribution in [1.82, 2.24) is 29.9 Å². The minimum atomic E-state index is 0.